The number of pyridine rings is 1. The molecule has 0 spiro atoms. The largest absolute Gasteiger partial charge is 0.325 e. The Balaban J connectivity index is 3.00. The molecule has 1 atom stereocenters. The maximum Gasteiger partial charge on any atom is 0.0442 e. The quantitative estimate of drug-likeness (QED) is 0.912. The summed E-state index contributed by atoms with van der Waals surface area (Å²) in [7, 11) is 0. The van der Waals surface area contributed by atoms with Gasteiger partial charge in [0.15, 0.2) is 0 Å². The van der Waals surface area contributed by atoms with Gasteiger partial charge in [-0.15, -0.1) is 0 Å². The number of hydrogen-bond donors (Lipinski definition) is 1. The SMILES string of the molecule is CC(N)/C=C/c1c(Br)cncc1Br. The van der Waals surface area contributed by atoms with Gasteiger partial charge < -0.3 is 5.73 Å². The third-order valence-corrected chi connectivity index (χ3v) is 2.72. The lowest BCUT2D eigenvalue weighted by atomic mass is 10.2. The number of halogens is 2. The van der Waals surface area contributed by atoms with Crippen LogP contribution in [-0.2, 0) is 0 Å². The van der Waals surface area contributed by atoms with E-state index in [2.05, 4.69) is 36.8 Å². The first-order valence-electron chi connectivity index (χ1n) is 3.84. The van der Waals surface area contributed by atoms with Gasteiger partial charge in [0.25, 0.3) is 0 Å². The molecule has 1 heterocycles. The van der Waals surface area contributed by atoms with Crippen LogP contribution in [0.4, 0.5) is 0 Å². The van der Waals surface area contributed by atoms with Crippen molar-refractivity contribution in [3.05, 3.63) is 33.0 Å². The maximum absolute atomic E-state index is 5.61. The molecule has 2 nitrogen and oxygen atoms in total. The molecule has 13 heavy (non-hydrogen) atoms. The van der Waals surface area contributed by atoms with Crippen LogP contribution in [0.15, 0.2) is 27.4 Å². The van der Waals surface area contributed by atoms with E-state index in [4.69, 9.17) is 5.73 Å². The zero-order valence-corrected chi connectivity index (χ0v) is 10.3. The lowest BCUT2D eigenvalue weighted by Crippen LogP contribution is -2.09. The first kappa shape index (κ1) is 10.9. The van der Waals surface area contributed by atoms with E-state index >= 15 is 0 Å². The van der Waals surface area contributed by atoms with Crippen molar-refractivity contribution in [2.24, 2.45) is 5.73 Å². The molecular formula is C9H10Br2N2. The summed E-state index contributed by atoms with van der Waals surface area (Å²) in [6.45, 7) is 1.93. The zero-order valence-electron chi connectivity index (χ0n) is 7.17. The van der Waals surface area contributed by atoms with Crippen LogP contribution in [0.1, 0.15) is 12.5 Å². The van der Waals surface area contributed by atoms with Crippen LogP contribution in [-0.4, -0.2) is 11.0 Å². The van der Waals surface area contributed by atoms with Crippen molar-refractivity contribution in [3.8, 4) is 0 Å². The molecule has 0 aliphatic rings. The van der Waals surface area contributed by atoms with E-state index in [1.165, 1.54) is 0 Å². The summed E-state index contributed by atoms with van der Waals surface area (Å²) in [5.74, 6) is 0. The highest BCUT2D eigenvalue weighted by Gasteiger charge is 2.00. The average molecular weight is 306 g/mol. The highest BCUT2D eigenvalue weighted by molar-refractivity contribution is 9.11. The van der Waals surface area contributed by atoms with Gasteiger partial charge in [0, 0.05) is 32.9 Å². The third-order valence-electron chi connectivity index (χ3n) is 1.46. The fourth-order valence-electron chi connectivity index (χ4n) is 0.829. The van der Waals surface area contributed by atoms with Gasteiger partial charge in [-0.2, -0.15) is 0 Å². The van der Waals surface area contributed by atoms with Gasteiger partial charge in [0.05, 0.1) is 0 Å². The van der Waals surface area contributed by atoms with E-state index in [9.17, 15) is 0 Å². The van der Waals surface area contributed by atoms with Crippen molar-refractivity contribution in [3.63, 3.8) is 0 Å². The topological polar surface area (TPSA) is 38.9 Å². The molecule has 0 saturated carbocycles. The van der Waals surface area contributed by atoms with Crippen molar-refractivity contribution in [1.29, 1.82) is 0 Å². The van der Waals surface area contributed by atoms with Crippen molar-refractivity contribution in [2.75, 3.05) is 0 Å². The molecule has 1 aromatic rings. The molecular weight excluding hydrogens is 296 g/mol. The fraction of sp³-hybridized carbons (Fsp3) is 0.222. The minimum Gasteiger partial charge on any atom is -0.325 e. The van der Waals surface area contributed by atoms with Crippen molar-refractivity contribution >= 4 is 37.9 Å². The van der Waals surface area contributed by atoms with Crippen molar-refractivity contribution in [1.82, 2.24) is 4.98 Å². The lowest BCUT2D eigenvalue weighted by molar-refractivity contribution is 0.930. The van der Waals surface area contributed by atoms with Crippen LogP contribution in [0.3, 0.4) is 0 Å². The molecule has 4 heteroatoms. The second-order valence-electron chi connectivity index (χ2n) is 2.74. The summed E-state index contributed by atoms with van der Waals surface area (Å²) in [5.41, 5.74) is 6.67. The number of hydrogen-bond acceptors (Lipinski definition) is 2. The molecule has 1 aromatic heterocycles. The summed E-state index contributed by atoms with van der Waals surface area (Å²) >= 11 is 6.83. The molecule has 0 saturated heterocycles. The lowest BCUT2D eigenvalue weighted by Gasteiger charge is -2.01. The number of rotatable bonds is 2. The maximum atomic E-state index is 5.61. The average Bonchev–Trinajstić information content (AvgIpc) is 2.03. The molecule has 0 bridgehead atoms. The Morgan fingerprint density at radius 2 is 1.92 bits per heavy atom. The van der Waals surface area contributed by atoms with Crippen molar-refractivity contribution in [2.45, 2.75) is 13.0 Å². The Bertz CT molecular complexity index is 301. The predicted octanol–water partition coefficient (Wildman–Crippen LogP) is 2.97. The third kappa shape index (κ3) is 3.21. The molecule has 0 fully saturated rings. The Labute approximate surface area is 94.5 Å². The van der Waals surface area contributed by atoms with Crippen molar-refractivity contribution < 1.29 is 0 Å². The molecule has 0 aliphatic heterocycles. The molecule has 2 N–H and O–H groups in total. The summed E-state index contributed by atoms with van der Waals surface area (Å²) < 4.78 is 1.91. The smallest absolute Gasteiger partial charge is 0.0442 e. The molecule has 0 aliphatic carbocycles. The summed E-state index contributed by atoms with van der Waals surface area (Å²) in [4.78, 5) is 4.01. The molecule has 0 amide bonds. The molecule has 0 radical (unpaired) electrons. The Morgan fingerprint density at radius 1 is 1.38 bits per heavy atom. The Kier molecular flexibility index (Phi) is 4.09. The number of nitrogens with two attached hydrogens (primary N) is 1. The van der Waals surface area contributed by atoms with Crippen LogP contribution < -0.4 is 5.73 Å². The van der Waals surface area contributed by atoms with Crippen LogP contribution in [0, 0.1) is 0 Å². The normalized spacial score (nSPS) is 13.5. The first-order valence-corrected chi connectivity index (χ1v) is 5.42. The molecule has 70 valence electrons. The van der Waals surface area contributed by atoms with Crippen LogP contribution in [0.2, 0.25) is 0 Å². The van der Waals surface area contributed by atoms with Gasteiger partial charge in [0.1, 0.15) is 0 Å². The van der Waals surface area contributed by atoms with Gasteiger partial charge in [-0.25, -0.2) is 0 Å². The second-order valence-corrected chi connectivity index (χ2v) is 4.44. The fourth-order valence-corrected chi connectivity index (χ4v) is 2.02. The van der Waals surface area contributed by atoms with Gasteiger partial charge in [-0.1, -0.05) is 12.2 Å². The number of aromatic nitrogens is 1. The standard InChI is InChI=1S/C9H10Br2N2/c1-6(12)2-3-7-8(10)4-13-5-9(7)11/h2-6H,12H2,1H3/b3-2+. The first-order chi connectivity index (χ1) is 6.11. The van der Waals surface area contributed by atoms with Gasteiger partial charge in [0.2, 0.25) is 0 Å². The van der Waals surface area contributed by atoms with Crippen LogP contribution >= 0.6 is 31.9 Å². The Hall–Kier alpha value is -0.190. The van der Waals surface area contributed by atoms with E-state index in [-0.39, 0.29) is 6.04 Å². The second kappa shape index (κ2) is 4.88. The van der Waals surface area contributed by atoms with Gasteiger partial charge in [-0.3, -0.25) is 4.98 Å². The highest BCUT2D eigenvalue weighted by Crippen LogP contribution is 2.24. The Morgan fingerprint density at radius 3 is 2.38 bits per heavy atom. The minimum atomic E-state index is 0.0620. The van der Waals surface area contributed by atoms with Crippen LogP contribution in [0.25, 0.3) is 6.08 Å². The monoisotopic (exact) mass is 304 g/mol. The number of nitrogens with zero attached hydrogens (tertiary/aromatic N) is 1. The van der Waals surface area contributed by atoms with E-state index in [0.717, 1.165) is 14.5 Å². The summed E-state index contributed by atoms with van der Waals surface area (Å²) in [5, 5.41) is 0. The summed E-state index contributed by atoms with van der Waals surface area (Å²) in [6.07, 6.45) is 7.42. The minimum absolute atomic E-state index is 0.0620. The molecule has 0 aromatic carbocycles. The van der Waals surface area contributed by atoms with E-state index in [1.807, 2.05) is 19.1 Å². The zero-order chi connectivity index (χ0) is 9.84. The summed E-state index contributed by atoms with van der Waals surface area (Å²) in [6, 6.07) is 0.0620. The highest BCUT2D eigenvalue weighted by atomic mass is 79.9. The van der Waals surface area contributed by atoms with E-state index in [1.54, 1.807) is 12.4 Å². The van der Waals surface area contributed by atoms with E-state index in [0.29, 0.717) is 0 Å². The van der Waals surface area contributed by atoms with Gasteiger partial charge in [-0.05, 0) is 38.8 Å². The van der Waals surface area contributed by atoms with Crippen LogP contribution in [0.5, 0.6) is 0 Å². The predicted molar refractivity (Wildman–Crippen MR) is 62.3 cm³/mol. The molecule has 1 unspecified atom stereocenters. The molecule has 1 rings (SSSR count). The van der Waals surface area contributed by atoms with Gasteiger partial charge >= 0.3 is 0 Å². The van der Waals surface area contributed by atoms with E-state index < -0.39 is 0 Å².